The molecule has 0 aliphatic heterocycles. The van der Waals surface area contributed by atoms with Crippen LogP contribution in [0, 0.1) is 13.8 Å². The van der Waals surface area contributed by atoms with E-state index in [2.05, 4.69) is 15.5 Å². The first kappa shape index (κ1) is 13.9. The van der Waals surface area contributed by atoms with Crippen molar-refractivity contribution in [1.82, 2.24) is 15.5 Å². The molecule has 1 aromatic heterocycles. The number of hydrogen-bond acceptors (Lipinski definition) is 3. The van der Waals surface area contributed by atoms with E-state index in [0.717, 1.165) is 12.1 Å². The summed E-state index contributed by atoms with van der Waals surface area (Å²) in [4.78, 5) is 12.1. The minimum Gasteiger partial charge on any atom is -0.346 e. The molecule has 0 spiro atoms. The van der Waals surface area contributed by atoms with Gasteiger partial charge in [0, 0.05) is 5.88 Å². The number of aromatic nitrogens is 2. The smallest absolute Gasteiger partial charge is 0.253 e. The van der Waals surface area contributed by atoms with Gasteiger partial charge in [0.25, 0.3) is 5.91 Å². The Bertz CT molecular complexity index is 416. The van der Waals surface area contributed by atoms with E-state index in [1.165, 1.54) is 0 Å². The Kier molecular flexibility index (Phi) is 4.46. The molecule has 1 heterocycles. The lowest BCUT2D eigenvalue weighted by atomic mass is 10.0. The topological polar surface area (TPSA) is 54.9 Å². The van der Waals surface area contributed by atoms with Crippen LogP contribution in [0.15, 0.2) is 6.07 Å². The van der Waals surface area contributed by atoms with Crippen molar-refractivity contribution in [3.63, 3.8) is 0 Å². The van der Waals surface area contributed by atoms with Crippen molar-refractivity contribution in [2.45, 2.75) is 39.7 Å². The summed E-state index contributed by atoms with van der Waals surface area (Å²) < 4.78 is 0. The molecule has 1 N–H and O–H groups in total. The number of halogens is 1. The molecule has 0 saturated heterocycles. The Labute approximate surface area is 107 Å². The molecule has 4 nitrogen and oxygen atoms in total. The van der Waals surface area contributed by atoms with E-state index in [4.69, 9.17) is 11.6 Å². The van der Waals surface area contributed by atoms with Crippen LogP contribution in [0.4, 0.5) is 0 Å². The number of carbonyl (C=O) groups is 1. The Balaban J connectivity index is 2.94. The summed E-state index contributed by atoms with van der Waals surface area (Å²) in [5.74, 6) is 0.233. The van der Waals surface area contributed by atoms with Gasteiger partial charge in [-0.3, -0.25) is 4.79 Å². The number of alkyl halides is 1. The molecule has 0 radical (unpaired) electrons. The maximum atomic E-state index is 12.1. The van der Waals surface area contributed by atoms with Crippen molar-refractivity contribution in [1.29, 1.82) is 0 Å². The molecule has 0 aliphatic carbocycles. The van der Waals surface area contributed by atoms with Gasteiger partial charge >= 0.3 is 0 Å². The first-order valence-corrected chi connectivity index (χ1v) is 6.14. The molecule has 1 unspecified atom stereocenters. The van der Waals surface area contributed by atoms with Crippen LogP contribution in [0.2, 0.25) is 0 Å². The lowest BCUT2D eigenvalue weighted by Crippen LogP contribution is -2.47. The van der Waals surface area contributed by atoms with Gasteiger partial charge in [-0.05, 0) is 33.3 Å². The van der Waals surface area contributed by atoms with Gasteiger partial charge < -0.3 is 5.32 Å². The van der Waals surface area contributed by atoms with Crippen LogP contribution in [0.3, 0.4) is 0 Å². The third-order valence-electron chi connectivity index (χ3n) is 2.84. The largest absolute Gasteiger partial charge is 0.346 e. The molecular weight excluding hydrogens is 238 g/mol. The standard InChI is InChI=1S/C12H18ClN3O/c1-5-12(4,7-13)14-11(17)10-6-8(2)15-16-9(10)3/h6H,5,7H2,1-4H3,(H,14,17). The van der Waals surface area contributed by atoms with Gasteiger partial charge in [-0.15, -0.1) is 11.6 Å². The van der Waals surface area contributed by atoms with Crippen LogP contribution in [-0.2, 0) is 0 Å². The minimum atomic E-state index is -0.387. The van der Waals surface area contributed by atoms with E-state index in [1.807, 2.05) is 20.8 Å². The van der Waals surface area contributed by atoms with E-state index in [1.54, 1.807) is 13.0 Å². The van der Waals surface area contributed by atoms with Crippen LogP contribution < -0.4 is 5.32 Å². The molecule has 1 aromatic rings. The second-order valence-corrected chi connectivity index (χ2v) is 4.75. The normalized spacial score (nSPS) is 14.2. The van der Waals surface area contributed by atoms with Crippen molar-refractivity contribution < 1.29 is 4.79 Å². The fourth-order valence-electron chi connectivity index (χ4n) is 1.34. The van der Waals surface area contributed by atoms with Crippen molar-refractivity contribution in [2.75, 3.05) is 5.88 Å². The highest BCUT2D eigenvalue weighted by Crippen LogP contribution is 2.14. The maximum absolute atomic E-state index is 12.1. The number of aryl methyl sites for hydroxylation is 2. The highest BCUT2D eigenvalue weighted by Gasteiger charge is 2.24. The SMILES string of the molecule is CCC(C)(CCl)NC(=O)c1cc(C)nnc1C. The molecule has 94 valence electrons. The number of rotatable bonds is 4. The average molecular weight is 256 g/mol. The Hall–Kier alpha value is -1.16. The molecule has 5 heteroatoms. The Morgan fingerprint density at radius 2 is 2.12 bits per heavy atom. The Morgan fingerprint density at radius 1 is 1.47 bits per heavy atom. The van der Waals surface area contributed by atoms with E-state index >= 15 is 0 Å². The van der Waals surface area contributed by atoms with Gasteiger partial charge in [-0.25, -0.2) is 0 Å². The fourth-order valence-corrected chi connectivity index (χ4v) is 1.59. The van der Waals surface area contributed by atoms with Gasteiger partial charge in [0.1, 0.15) is 0 Å². The lowest BCUT2D eigenvalue weighted by Gasteiger charge is -2.27. The second kappa shape index (κ2) is 5.45. The molecule has 0 saturated carbocycles. The quantitative estimate of drug-likeness (QED) is 0.840. The third-order valence-corrected chi connectivity index (χ3v) is 3.43. The van der Waals surface area contributed by atoms with Crippen LogP contribution in [0.25, 0.3) is 0 Å². The molecule has 0 fully saturated rings. The Morgan fingerprint density at radius 3 is 2.65 bits per heavy atom. The van der Waals surface area contributed by atoms with Gasteiger partial charge in [-0.1, -0.05) is 6.92 Å². The molecule has 0 aliphatic rings. The number of amides is 1. The lowest BCUT2D eigenvalue weighted by molar-refractivity contribution is 0.0911. The maximum Gasteiger partial charge on any atom is 0.253 e. The van der Waals surface area contributed by atoms with Crippen LogP contribution >= 0.6 is 11.6 Å². The first-order chi connectivity index (χ1) is 7.91. The van der Waals surface area contributed by atoms with Crippen molar-refractivity contribution >= 4 is 17.5 Å². The number of nitrogens with one attached hydrogen (secondary N) is 1. The summed E-state index contributed by atoms with van der Waals surface area (Å²) in [6.45, 7) is 7.50. The summed E-state index contributed by atoms with van der Waals surface area (Å²) in [6, 6.07) is 1.74. The van der Waals surface area contributed by atoms with Crippen LogP contribution in [0.5, 0.6) is 0 Å². The second-order valence-electron chi connectivity index (χ2n) is 4.49. The first-order valence-electron chi connectivity index (χ1n) is 5.61. The van der Waals surface area contributed by atoms with Gasteiger partial charge in [0.15, 0.2) is 0 Å². The van der Waals surface area contributed by atoms with E-state index in [0.29, 0.717) is 17.1 Å². The molecule has 0 bridgehead atoms. The van der Waals surface area contributed by atoms with Gasteiger partial charge in [-0.2, -0.15) is 10.2 Å². The van der Waals surface area contributed by atoms with Gasteiger partial charge in [0.2, 0.25) is 0 Å². The van der Waals surface area contributed by atoms with Crippen molar-refractivity contribution in [2.24, 2.45) is 0 Å². The summed E-state index contributed by atoms with van der Waals surface area (Å²) >= 11 is 5.87. The molecule has 1 amide bonds. The zero-order valence-electron chi connectivity index (χ0n) is 10.7. The zero-order chi connectivity index (χ0) is 13.1. The highest BCUT2D eigenvalue weighted by molar-refractivity contribution is 6.18. The summed E-state index contributed by atoms with van der Waals surface area (Å²) in [7, 11) is 0. The molecule has 1 atom stereocenters. The molecule has 17 heavy (non-hydrogen) atoms. The predicted octanol–water partition coefficient (Wildman–Crippen LogP) is 2.23. The predicted molar refractivity (Wildman–Crippen MR) is 68.4 cm³/mol. The summed E-state index contributed by atoms with van der Waals surface area (Å²) in [6.07, 6.45) is 0.777. The molecule has 1 rings (SSSR count). The molecule has 0 aromatic carbocycles. The third kappa shape index (κ3) is 3.40. The van der Waals surface area contributed by atoms with E-state index in [-0.39, 0.29) is 11.4 Å². The van der Waals surface area contributed by atoms with Crippen LogP contribution in [-0.4, -0.2) is 27.5 Å². The van der Waals surface area contributed by atoms with Crippen molar-refractivity contribution in [3.05, 3.63) is 23.0 Å². The average Bonchev–Trinajstić information content (AvgIpc) is 2.32. The van der Waals surface area contributed by atoms with Crippen LogP contribution in [0.1, 0.15) is 42.0 Å². The van der Waals surface area contributed by atoms with E-state index < -0.39 is 0 Å². The van der Waals surface area contributed by atoms with E-state index in [9.17, 15) is 4.79 Å². The highest BCUT2D eigenvalue weighted by atomic mass is 35.5. The van der Waals surface area contributed by atoms with Crippen molar-refractivity contribution in [3.8, 4) is 0 Å². The van der Waals surface area contributed by atoms with Gasteiger partial charge in [0.05, 0.1) is 22.5 Å². The minimum absolute atomic E-state index is 0.148. The number of nitrogens with zero attached hydrogens (tertiary/aromatic N) is 2. The zero-order valence-corrected chi connectivity index (χ0v) is 11.4. The molecular formula is C12H18ClN3O. The monoisotopic (exact) mass is 255 g/mol. The fraction of sp³-hybridized carbons (Fsp3) is 0.583. The summed E-state index contributed by atoms with van der Waals surface area (Å²) in [5.41, 5.74) is 1.52. The summed E-state index contributed by atoms with van der Waals surface area (Å²) in [5, 5.41) is 10.8. The number of carbonyl (C=O) groups excluding carboxylic acids is 1. The number of hydrogen-bond donors (Lipinski definition) is 1.